The summed E-state index contributed by atoms with van der Waals surface area (Å²) in [7, 11) is 0. The molecule has 16 heavy (non-hydrogen) atoms. The van der Waals surface area contributed by atoms with Gasteiger partial charge in [-0.05, 0) is 30.4 Å². The second-order valence-corrected chi connectivity index (χ2v) is 5.42. The zero-order valence-corrected chi connectivity index (χ0v) is 10.7. The lowest BCUT2D eigenvalue weighted by atomic mass is 9.68. The van der Waals surface area contributed by atoms with Crippen LogP contribution in [0.1, 0.15) is 37.8 Å². The third kappa shape index (κ3) is 2.01. The van der Waals surface area contributed by atoms with Crippen LogP contribution in [0.3, 0.4) is 0 Å². The van der Waals surface area contributed by atoms with E-state index in [-0.39, 0.29) is 0 Å². The third-order valence-corrected chi connectivity index (χ3v) is 4.08. The van der Waals surface area contributed by atoms with Crippen molar-refractivity contribution in [3.63, 3.8) is 0 Å². The van der Waals surface area contributed by atoms with Gasteiger partial charge >= 0.3 is 0 Å². The molecule has 1 aromatic rings. The van der Waals surface area contributed by atoms with Crippen molar-refractivity contribution in [1.29, 1.82) is 0 Å². The topological polar surface area (TPSA) is 12.0 Å². The second kappa shape index (κ2) is 4.58. The molecule has 0 radical (unpaired) electrons. The van der Waals surface area contributed by atoms with Crippen LogP contribution in [0.4, 0.5) is 0 Å². The summed E-state index contributed by atoms with van der Waals surface area (Å²) < 4.78 is 0. The van der Waals surface area contributed by atoms with E-state index < -0.39 is 0 Å². The Hall–Kier alpha value is -0.820. The van der Waals surface area contributed by atoms with Crippen LogP contribution in [0.15, 0.2) is 24.3 Å². The third-order valence-electron chi connectivity index (χ3n) is 4.08. The SMILES string of the molecule is CCC(C)CC1(c2ccccc2C)CNC1. The summed E-state index contributed by atoms with van der Waals surface area (Å²) in [5, 5.41) is 3.46. The van der Waals surface area contributed by atoms with Crippen molar-refractivity contribution in [2.24, 2.45) is 5.92 Å². The van der Waals surface area contributed by atoms with Crippen LogP contribution in [0.25, 0.3) is 0 Å². The van der Waals surface area contributed by atoms with Crippen LogP contribution in [-0.4, -0.2) is 13.1 Å². The van der Waals surface area contributed by atoms with Gasteiger partial charge in [-0.1, -0.05) is 44.5 Å². The number of hydrogen-bond donors (Lipinski definition) is 1. The molecular formula is C15H23N. The van der Waals surface area contributed by atoms with Gasteiger partial charge in [0.05, 0.1) is 0 Å². The van der Waals surface area contributed by atoms with Gasteiger partial charge in [-0.15, -0.1) is 0 Å². The standard InChI is InChI=1S/C15H23N/c1-4-12(2)9-15(10-16-11-15)14-8-6-5-7-13(14)3/h5-8,12,16H,4,9-11H2,1-3H3. The number of benzene rings is 1. The highest BCUT2D eigenvalue weighted by Crippen LogP contribution is 2.37. The van der Waals surface area contributed by atoms with Crippen molar-refractivity contribution in [1.82, 2.24) is 5.32 Å². The van der Waals surface area contributed by atoms with Crippen LogP contribution < -0.4 is 5.32 Å². The van der Waals surface area contributed by atoms with E-state index in [9.17, 15) is 0 Å². The fraction of sp³-hybridized carbons (Fsp3) is 0.600. The lowest BCUT2D eigenvalue weighted by Crippen LogP contribution is -2.57. The fourth-order valence-electron chi connectivity index (χ4n) is 2.85. The number of rotatable bonds is 4. The first-order valence-electron chi connectivity index (χ1n) is 6.45. The molecule has 1 heterocycles. The highest BCUT2D eigenvalue weighted by atomic mass is 15.0. The molecule has 0 spiro atoms. The van der Waals surface area contributed by atoms with E-state index >= 15 is 0 Å². The molecule has 1 N–H and O–H groups in total. The Morgan fingerprint density at radius 1 is 1.31 bits per heavy atom. The van der Waals surface area contributed by atoms with E-state index in [0.717, 1.165) is 19.0 Å². The molecule has 1 fully saturated rings. The number of hydrogen-bond acceptors (Lipinski definition) is 1. The van der Waals surface area contributed by atoms with Gasteiger partial charge < -0.3 is 5.32 Å². The molecule has 1 aromatic carbocycles. The highest BCUT2D eigenvalue weighted by Gasteiger charge is 2.39. The van der Waals surface area contributed by atoms with E-state index in [1.165, 1.54) is 18.4 Å². The Bertz CT molecular complexity index is 352. The Morgan fingerprint density at radius 3 is 2.50 bits per heavy atom. The normalized spacial score (nSPS) is 20.2. The van der Waals surface area contributed by atoms with Gasteiger partial charge in [-0.2, -0.15) is 0 Å². The summed E-state index contributed by atoms with van der Waals surface area (Å²) in [6.45, 7) is 9.22. The molecule has 0 bridgehead atoms. The molecule has 1 unspecified atom stereocenters. The first kappa shape index (κ1) is 11.7. The van der Waals surface area contributed by atoms with Crippen molar-refractivity contribution in [3.8, 4) is 0 Å². The summed E-state index contributed by atoms with van der Waals surface area (Å²) in [4.78, 5) is 0. The van der Waals surface area contributed by atoms with Crippen molar-refractivity contribution in [3.05, 3.63) is 35.4 Å². The average molecular weight is 217 g/mol. The van der Waals surface area contributed by atoms with E-state index in [1.54, 1.807) is 5.56 Å². The van der Waals surface area contributed by atoms with Gasteiger partial charge in [0, 0.05) is 18.5 Å². The maximum absolute atomic E-state index is 3.46. The predicted octanol–water partition coefficient (Wildman–Crippen LogP) is 3.27. The van der Waals surface area contributed by atoms with Crippen molar-refractivity contribution < 1.29 is 0 Å². The van der Waals surface area contributed by atoms with E-state index in [0.29, 0.717) is 5.41 Å². The summed E-state index contributed by atoms with van der Waals surface area (Å²) in [5.74, 6) is 0.821. The van der Waals surface area contributed by atoms with Crippen LogP contribution in [0, 0.1) is 12.8 Å². The molecule has 1 nitrogen and oxygen atoms in total. The van der Waals surface area contributed by atoms with Crippen LogP contribution in [0.5, 0.6) is 0 Å². The van der Waals surface area contributed by atoms with Gasteiger partial charge in [0.2, 0.25) is 0 Å². The lowest BCUT2D eigenvalue weighted by molar-refractivity contribution is 0.220. The quantitative estimate of drug-likeness (QED) is 0.816. The Kier molecular flexibility index (Phi) is 3.34. The van der Waals surface area contributed by atoms with Gasteiger partial charge in [0.25, 0.3) is 0 Å². The Morgan fingerprint density at radius 2 is 2.00 bits per heavy atom. The smallest absolute Gasteiger partial charge is 0.0207 e. The molecule has 1 aliphatic rings. The minimum atomic E-state index is 0.417. The lowest BCUT2D eigenvalue weighted by Gasteiger charge is -2.45. The van der Waals surface area contributed by atoms with E-state index in [1.807, 2.05) is 0 Å². The largest absolute Gasteiger partial charge is 0.315 e. The van der Waals surface area contributed by atoms with Crippen LogP contribution >= 0.6 is 0 Å². The van der Waals surface area contributed by atoms with E-state index in [2.05, 4.69) is 50.4 Å². The van der Waals surface area contributed by atoms with Gasteiger partial charge in [0.1, 0.15) is 0 Å². The van der Waals surface area contributed by atoms with Gasteiger partial charge in [0.15, 0.2) is 0 Å². The summed E-state index contributed by atoms with van der Waals surface area (Å²) in [6.07, 6.45) is 2.61. The minimum absolute atomic E-state index is 0.417. The van der Waals surface area contributed by atoms with E-state index in [4.69, 9.17) is 0 Å². The molecule has 2 rings (SSSR count). The Balaban J connectivity index is 2.25. The zero-order valence-electron chi connectivity index (χ0n) is 10.7. The van der Waals surface area contributed by atoms with Crippen LogP contribution in [0.2, 0.25) is 0 Å². The maximum atomic E-state index is 3.46. The first-order valence-corrected chi connectivity index (χ1v) is 6.45. The average Bonchev–Trinajstić information content (AvgIpc) is 2.24. The molecule has 88 valence electrons. The molecule has 1 atom stereocenters. The molecule has 1 heteroatoms. The second-order valence-electron chi connectivity index (χ2n) is 5.42. The molecule has 0 aromatic heterocycles. The first-order chi connectivity index (χ1) is 7.68. The highest BCUT2D eigenvalue weighted by molar-refractivity contribution is 5.36. The molecular weight excluding hydrogens is 194 g/mol. The van der Waals surface area contributed by atoms with Gasteiger partial charge in [-0.25, -0.2) is 0 Å². The maximum Gasteiger partial charge on any atom is 0.0207 e. The summed E-state index contributed by atoms with van der Waals surface area (Å²) >= 11 is 0. The molecule has 0 aliphatic carbocycles. The number of nitrogens with one attached hydrogen (secondary N) is 1. The summed E-state index contributed by atoms with van der Waals surface area (Å²) in [6, 6.07) is 8.88. The summed E-state index contributed by atoms with van der Waals surface area (Å²) in [5.41, 5.74) is 3.43. The number of aryl methyl sites for hydroxylation is 1. The molecule has 1 aliphatic heterocycles. The molecule has 0 saturated carbocycles. The zero-order chi connectivity index (χ0) is 11.6. The molecule has 1 saturated heterocycles. The van der Waals surface area contributed by atoms with Crippen molar-refractivity contribution in [2.45, 2.75) is 39.0 Å². The minimum Gasteiger partial charge on any atom is -0.315 e. The van der Waals surface area contributed by atoms with Gasteiger partial charge in [-0.3, -0.25) is 0 Å². The Labute approximate surface area is 99.3 Å². The van der Waals surface area contributed by atoms with Crippen molar-refractivity contribution >= 4 is 0 Å². The monoisotopic (exact) mass is 217 g/mol. The fourth-order valence-corrected chi connectivity index (χ4v) is 2.85. The van der Waals surface area contributed by atoms with Crippen LogP contribution in [-0.2, 0) is 5.41 Å². The van der Waals surface area contributed by atoms with Crippen molar-refractivity contribution in [2.75, 3.05) is 13.1 Å². The predicted molar refractivity (Wildman–Crippen MR) is 69.8 cm³/mol. The molecule has 0 amide bonds.